The van der Waals surface area contributed by atoms with Crippen molar-refractivity contribution < 1.29 is 4.79 Å². The second kappa shape index (κ2) is 8.67. The van der Waals surface area contributed by atoms with Gasteiger partial charge in [-0.15, -0.1) is 5.10 Å². The molecule has 28 heavy (non-hydrogen) atoms. The van der Waals surface area contributed by atoms with E-state index in [1.165, 1.54) is 17.3 Å². The first kappa shape index (κ1) is 18.2. The number of hydrogen-bond donors (Lipinski definition) is 1. The maximum Gasteiger partial charge on any atom is 0.234 e. The summed E-state index contributed by atoms with van der Waals surface area (Å²) in [5.41, 5.74) is 3.16. The summed E-state index contributed by atoms with van der Waals surface area (Å²) in [6.07, 6.45) is 2.51. The van der Waals surface area contributed by atoms with Crippen LogP contribution in [0.15, 0.2) is 90.1 Å². The van der Waals surface area contributed by atoms with Gasteiger partial charge in [-0.2, -0.15) is 5.10 Å². The molecule has 3 aromatic carbocycles. The second-order valence-electron chi connectivity index (χ2n) is 6.39. The standard InChI is InChI=1S/C23H19N3OS/c27-22(16-28-23-20-12-6-4-11-19(20)15-24-26-23)25-21-13-7-5-10-18(21)14-17-8-2-1-3-9-17/h1-13,15H,14,16H2,(H,25,27). The fourth-order valence-electron chi connectivity index (χ4n) is 3.04. The third-order valence-electron chi connectivity index (χ3n) is 4.41. The molecule has 0 fully saturated rings. The summed E-state index contributed by atoms with van der Waals surface area (Å²) in [6.45, 7) is 0. The number of carbonyl (C=O) groups excluding carboxylic acids is 1. The lowest BCUT2D eigenvalue weighted by Crippen LogP contribution is -2.15. The Morgan fingerprint density at radius 3 is 2.54 bits per heavy atom. The molecule has 138 valence electrons. The minimum Gasteiger partial charge on any atom is -0.325 e. The molecule has 4 rings (SSSR count). The van der Waals surface area contributed by atoms with Crippen molar-refractivity contribution in [2.24, 2.45) is 0 Å². The topological polar surface area (TPSA) is 54.9 Å². The molecule has 0 aliphatic rings. The van der Waals surface area contributed by atoms with Crippen LogP contribution in [0.3, 0.4) is 0 Å². The number of carbonyl (C=O) groups is 1. The molecular weight excluding hydrogens is 366 g/mol. The molecule has 0 unspecified atom stereocenters. The Morgan fingerprint density at radius 1 is 0.893 bits per heavy atom. The number of hydrogen-bond acceptors (Lipinski definition) is 4. The third-order valence-corrected chi connectivity index (χ3v) is 5.39. The van der Waals surface area contributed by atoms with E-state index in [9.17, 15) is 4.79 Å². The summed E-state index contributed by atoms with van der Waals surface area (Å²) in [6, 6.07) is 26.1. The van der Waals surface area contributed by atoms with Crippen molar-refractivity contribution in [3.8, 4) is 0 Å². The lowest BCUT2D eigenvalue weighted by Gasteiger charge is -2.11. The molecule has 0 saturated carbocycles. The Morgan fingerprint density at radius 2 is 1.64 bits per heavy atom. The quantitative estimate of drug-likeness (QED) is 0.477. The number of anilines is 1. The number of nitrogens with zero attached hydrogens (tertiary/aromatic N) is 2. The first-order valence-corrected chi connectivity index (χ1v) is 10.0. The molecule has 1 aromatic heterocycles. The smallest absolute Gasteiger partial charge is 0.234 e. The van der Waals surface area contributed by atoms with E-state index in [2.05, 4.69) is 27.6 Å². The monoisotopic (exact) mass is 385 g/mol. The summed E-state index contributed by atoms with van der Waals surface area (Å²) in [5.74, 6) is 0.225. The summed E-state index contributed by atoms with van der Waals surface area (Å²) < 4.78 is 0. The number of thioether (sulfide) groups is 1. The lowest BCUT2D eigenvalue weighted by atomic mass is 10.0. The van der Waals surface area contributed by atoms with E-state index in [4.69, 9.17) is 0 Å². The van der Waals surface area contributed by atoms with Crippen LogP contribution in [0.2, 0.25) is 0 Å². The molecule has 1 heterocycles. The van der Waals surface area contributed by atoms with Gasteiger partial charge in [0.2, 0.25) is 5.91 Å². The van der Waals surface area contributed by atoms with Crippen LogP contribution in [0.4, 0.5) is 5.69 Å². The number of benzene rings is 3. The van der Waals surface area contributed by atoms with Gasteiger partial charge in [0.1, 0.15) is 5.03 Å². The Balaban J connectivity index is 1.44. The Kier molecular flexibility index (Phi) is 5.64. The van der Waals surface area contributed by atoms with Crippen LogP contribution in [0, 0.1) is 0 Å². The average molecular weight is 385 g/mol. The highest BCUT2D eigenvalue weighted by Gasteiger charge is 2.10. The molecule has 0 bridgehead atoms. The van der Waals surface area contributed by atoms with Crippen LogP contribution in [0.5, 0.6) is 0 Å². The highest BCUT2D eigenvalue weighted by Crippen LogP contribution is 2.25. The summed E-state index contributed by atoms with van der Waals surface area (Å²) in [4.78, 5) is 12.5. The number of amides is 1. The predicted octanol–water partition coefficient (Wildman–Crippen LogP) is 4.95. The second-order valence-corrected chi connectivity index (χ2v) is 7.36. The largest absolute Gasteiger partial charge is 0.325 e. The van der Waals surface area contributed by atoms with Crippen LogP contribution >= 0.6 is 11.8 Å². The van der Waals surface area contributed by atoms with Crippen molar-refractivity contribution in [2.75, 3.05) is 11.1 Å². The van der Waals surface area contributed by atoms with Gasteiger partial charge in [0.05, 0.1) is 11.9 Å². The third kappa shape index (κ3) is 4.38. The van der Waals surface area contributed by atoms with Crippen molar-refractivity contribution in [1.82, 2.24) is 10.2 Å². The summed E-state index contributed by atoms with van der Waals surface area (Å²) in [7, 11) is 0. The number of rotatable bonds is 6. The molecule has 5 heteroatoms. The van der Waals surface area contributed by atoms with Crippen LogP contribution in [-0.2, 0) is 11.2 Å². The number of aromatic nitrogens is 2. The highest BCUT2D eigenvalue weighted by molar-refractivity contribution is 8.00. The van der Waals surface area contributed by atoms with E-state index in [1.54, 1.807) is 6.20 Å². The van der Waals surface area contributed by atoms with E-state index in [1.807, 2.05) is 66.7 Å². The Hall–Kier alpha value is -3.18. The molecule has 0 saturated heterocycles. The zero-order valence-corrected chi connectivity index (χ0v) is 16.0. The fourth-order valence-corrected chi connectivity index (χ4v) is 3.83. The zero-order chi connectivity index (χ0) is 19.2. The number of para-hydroxylation sites is 1. The fraction of sp³-hybridized carbons (Fsp3) is 0.0870. The maximum absolute atomic E-state index is 12.5. The SMILES string of the molecule is O=C(CSc1nncc2ccccc12)Nc1ccccc1Cc1ccccc1. The van der Waals surface area contributed by atoms with Gasteiger partial charge in [-0.05, 0) is 23.6 Å². The lowest BCUT2D eigenvalue weighted by molar-refractivity contribution is -0.113. The van der Waals surface area contributed by atoms with Gasteiger partial charge < -0.3 is 5.32 Å². The molecule has 1 amide bonds. The van der Waals surface area contributed by atoms with Crippen molar-refractivity contribution in [3.63, 3.8) is 0 Å². The first-order chi connectivity index (χ1) is 13.8. The first-order valence-electron chi connectivity index (χ1n) is 9.04. The van der Waals surface area contributed by atoms with E-state index in [0.29, 0.717) is 0 Å². The average Bonchev–Trinajstić information content (AvgIpc) is 2.74. The van der Waals surface area contributed by atoms with Crippen molar-refractivity contribution in [3.05, 3.63) is 96.2 Å². The molecule has 0 radical (unpaired) electrons. The van der Waals surface area contributed by atoms with Gasteiger partial charge in [0.25, 0.3) is 0 Å². The van der Waals surface area contributed by atoms with Crippen molar-refractivity contribution >= 4 is 34.1 Å². The molecule has 0 atom stereocenters. The van der Waals surface area contributed by atoms with Gasteiger partial charge in [-0.25, -0.2) is 0 Å². The van der Waals surface area contributed by atoms with Gasteiger partial charge >= 0.3 is 0 Å². The summed E-state index contributed by atoms with van der Waals surface area (Å²) >= 11 is 1.40. The van der Waals surface area contributed by atoms with Crippen molar-refractivity contribution in [1.29, 1.82) is 0 Å². The van der Waals surface area contributed by atoms with Crippen LogP contribution in [-0.4, -0.2) is 21.9 Å². The maximum atomic E-state index is 12.5. The molecule has 0 spiro atoms. The minimum absolute atomic E-state index is 0.0553. The molecule has 0 aliphatic carbocycles. The summed E-state index contributed by atoms with van der Waals surface area (Å²) in [5, 5.41) is 14.1. The van der Waals surface area contributed by atoms with Gasteiger partial charge in [0, 0.05) is 16.5 Å². The Labute approximate surface area is 168 Å². The molecule has 0 aliphatic heterocycles. The van der Waals surface area contributed by atoms with E-state index >= 15 is 0 Å². The number of nitrogens with one attached hydrogen (secondary N) is 1. The molecular formula is C23H19N3OS. The van der Waals surface area contributed by atoms with E-state index in [0.717, 1.165) is 33.5 Å². The van der Waals surface area contributed by atoms with Gasteiger partial charge in [-0.1, -0.05) is 84.6 Å². The van der Waals surface area contributed by atoms with Gasteiger partial charge in [-0.3, -0.25) is 4.79 Å². The zero-order valence-electron chi connectivity index (χ0n) is 15.2. The van der Waals surface area contributed by atoms with Crippen LogP contribution in [0.1, 0.15) is 11.1 Å². The van der Waals surface area contributed by atoms with Crippen LogP contribution in [0.25, 0.3) is 10.8 Å². The predicted molar refractivity (Wildman–Crippen MR) is 115 cm³/mol. The Bertz CT molecular complexity index is 1090. The van der Waals surface area contributed by atoms with Gasteiger partial charge in [0.15, 0.2) is 0 Å². The number of fused-ring (bicyclic) bond motifs is 1. The highest BCUT2D eigenvalue weighted by atomic mass is 32.2. The van der Waals surface area contributed by atoms with Crippen LogP contribution < -0.4 is 5.32 Å². The van der Waals surface area contributed by atoms with Crippen molar-refractivity contribution in [2.45, 2.75) is 11.4 Å². The van der Waals surface area contributed by atoms with E-state index in [-0.39, 0.29) is 11.7 Å². The molecule has 4 nitrogen and oxygen atoms in total. The normalized spacial score (nSPS) is 10.7. The van der Waals surface area contributed by atoms with E-state index < -0.39 is 0 Å². The molecule has 1 N–H and O–H groups in total. The molecule has 4 aromatic rings. The minimum atomic E-state index is -0.0553.